The molecule has 1 heterocycles. The minimum absolute atomic E-state index is 0.0118. The molecule has 1 aliphatic rings. The Morgan fingerprint density at radius 2 is 1.91 bits per heavy atom. The van der Waals surface area contributed by atoms with Crippen molar-refractivity contribution in [3.05, 3.63) is 29.8 Å². The average Bonchev–Trinajstić information content (AvgIpc) is 2.44. The number of nitrogens with one attached hydrogen (secondary N) is 2. The maximum atomic E-state index is 12.2. The van der Waals surface area contributed by atoms with Crippen LogP contribution in [0, 0.1) is 5.92 Å². The molecule has 2 N–H and O–H groups in total. The van der Waals surface area contributed by atoms with Crippen LogP contribution >= 0.6 is 0 Å². The molecule has 22 heavy (non-hydrogen) atoms. The Hall–Kier alpha value is -1.71. The minimum atomic E-state index is -0.484. The van der Waals surface area contributed by atoms with E-state index in [1.54, 1.807) is 0 Å². The average molecular weight is 304 g/mol. The van der Waals surface area contributed by atoms with Gasteiger partial charge in [-0.15, -0.1) is 0 Å². The summed E-state index contributed by atoms with van der Waals surface area (Å²) in [5.74, 6) is 0.354. The second-order valence-electron chi connectivity index (χ2n) is 6.94. The summed E-state index contributed by atoms with van der Waals surface area (Å²) < 4.78 is 5.45. The van der Waals surface area contributed by atoms with Crippen LogP contribution in [0.25, 0.3) is 0 Å². The molecular weight excluding hydrogens is 276 g/mol. The molecule has 0 spiro atoms. The number of alkyl carbamates (subject to hydrolysis) is 1. The number of hydrogen-bond acceptors (Lipinski definition) is 3. The number of amides is 1. The monoisotopic (exact) mass is 304 g/mol. The second-order valence-corrected chi connectivity index (χ2v) is 6.94. The van der Waals surface area contributed by atoms with Crippen LogP contribution in [0.4, 0.5) is 10.5 Å². The van der Waals surface area contributed by atoms with Crippen molar-refractivity contribution >= 4 is 11.8 Å². The normalized spacial score (nSPS) is 24.1. The van der Waals surface area contributed by atoms with Crippen molar-refractivity contribution in [3.63, 3.8) is 0 Å². The first-order valence-electron chi connectivity index (χ1n) is 8.20. The number of hydrogen-bond donors (Lipinski definition) is 2. The Kier molecular flexibility index (Phi) is 4.99. The van der Waals surface area contributed by atoms with Gasteiger partial charge in [0.2, 0.25) is 0 Å². The summed E-state index contributed by atoms with van der Waals surface area (Å²) >= 11 is 0. The highest BCUT2D eigenvalue weighted by atomic mass is 16.6. The van der Waals surface area contributed by atoms with E-state index >= 15 is 0 Å². The highest BCUT2D eigenvalue weighted by Gasteiger charge is 2.36. The molecule has 0 fully saturated rings. The third kappa shape index (κ3) is 3.73. The first-order valence-corrected chi connectivity index (χ1v) is 8.20. The molecule has 0 saturated heterocycles. The highest BCUT2D eigenvalue weighted by Crippen LogP contribution is 2.39. The Morgan fingerprint density at radius 3 is 2.50 bits per heavy atom. The van der Waals surface area contributed by atoms with Crippen LogP contribution in [-0.2, 0) is 4.74 Å². The second kappa shape index (κ2) is 6.59. The van der Waals surface area contributed by atoms with E-state index in [2.05, 4.69) is 36.6 Å². The first kappa shape index (κ1) is 16.7. The van der Waals surface area contributed by atoms with Gasteiger partial charge in [0.05, 0.1) is 6.04 Å². The van der Waals surface area contributed by atoms with Gasteiger partial charge >= 0.3 is 6.09 Å². The minimum Gasteiger partial charge on any atom is -0.444 e. The molecule has 1 amide bonds. The van der Waals surface area contributed by atoms with E-state index in [0.29, 0.717) is 12.0 Å². The molecule has 0 unspecified atom stereocenters. The number of carbonyl (C=O) groups excluding carboxylic acids is 1. The molecule has 1 aromatic rings. The van der Waals surface area contributed by atoms with E-state index < -0.39 is 5.60 Å². The summed E-state index contributed by atoms with van der Waals surface area (Å²) in [6.45, 7) is 10.0. The quantitative estimate of drug-likeness (QED) is 0.865. The van der Waals surface area contributed by atoms with Gasteiger partial charge in [0.25, 0.3) is 0 Å². The first-order chi connectivity index (χ1) is 10.4. The smallest absolute Gasteiger partial charge is 0.408 e. The molecule has 0 aromatic heterocycles. The van der Waals surface area contributed by atoms with E-state index in [0.717, 1.165) is 24.1 Å². The fourth-order valence-electron chi connectivity index (χ4n) is 3.21. The lowest BCUT2D eigenvalue weighted by Gasteiger charge is -2.40. The maximum Gasteiger partial charge on any atom is 0.408 e. The zero-order valence-corrected chi connectivity index (χ0v) is 14.3. The number of fused-ring (bicyclic) bond motifs is 1. The summed E-state index contributed by atoms with van der Waals surface area (Å²) in [5.41, 5.74) is 1.77. The molecule has 0 saturated carbocycles. The standard InChI is InChI=1S/C18H28N2O2/c1-6-12-14(7-2)19-15-11-9-8-10-13(15)16(12)20-17(21)22-18(3,4)5/h8-12,14,16,19H,6-7H2,1-5H3,(H,20,21)/t12-,14+,16-/m1/s1. The van der Waals surface area contributed by atoms with Crippen LogP contribution in [0.2, 0.25) is 0 Å². The third-order valence-corrected chi connectivity index (χ3v) is 4.17. The van der Waals surface area contributed by atoms with Gasteiger partial charge in [-0.25, -0.2) is 4.79 Å². The van der Waals surface area contributed by atoms with Gasteiger partial charge in [0.1, 0.15) is 5.60 Å². The van der Waals surface area contributed by atoms with E-state index in [-0.39, 0.29) is 12.1 Å². The number of ether oxygens (including phenoxy) is 1. The van der Waals surface area contributed by atoms with Gasteiger partial charge in [0.15, 0.2) is 0 Å². The van der Waals surface area contributed by atoms with E-state index in [9.17, 15) is 4.79 Å². The van der Waals surface area contributed by atoms with Crippen molar-refractivity contribution in [2.24, 2.45) is 5.92 Å². The summed E-state index contributed by atoms with van der Waals surface area (Å²) in [7, 11) is 0. The molecule has 3 atom stereocenters. The SMILES string of the molecule is CC[C@@H]1[C@H](CC)Nc2ccccc2[C@@H]1NC(=O)OC(C)(C)C. The van der Waals surface area contributed by atoms with E-state index in [4.69, 9.17) is 4.74 Å². The van der Waals surface area contributed by atoms with Crippen LogP contribution < -0.4 is 10.6 Å². The Labute approximate surface area is 133 Å². The number of anilines is 1. The van der Waals surface area contributed by atoms with Crippen molar-refractivity contribution in [2.75, 3.05) is 5.32 Å². The zero-order chi connectivity index (χ0) is 16.3. The number of carbonyl (C=O) groups is 1. The molecular formula is C18H28N2O2. The van der Waals surface area contributed by atoms with Gasteiger partial charge in [-0.3, -0.25) is 0 Å². The number of para-hydroxylation sites is 1. The summed E-state index contributed by atoms with van der Waals surface area (Å²) in [6.07, 6.45) is 1.68. The van der Waals surface area contributed by atoms with Crippen molar-refractivity contribution in [3.8, 4) is 0 Å². The van der Waals surface area contributed by atoms with Crippen molar-refractivity contribution in [1.82, 2.24) is 5.32 Å². The molecule has 4 nitrogen and oxygen atoms in total. The molecule has 1 aromatic carbocycles. The Balaban J connectivity index is 2.27. The lowest BCUT2D eigenvalue weighted by atomic mass is 9.80. The fourth-order valence-corrected chi connectivity index (χ4v) is 3.21. The number of benzene rings is 1. The largest absolute Gasteiger partial charge is 0.444 e. The van der Waals surface area contributed by atoms with E-state index in [1.165, 1.54) is 0 Å². The van der Waals surface area contributed by atoms with Crippen LogP contribution in [-0.4, -0.2) is 17.7 Å². The predicted octanol–water partition coefficient (Wildman–Crippen LogP) is 4.48. The predicted molar refractivity (Wildman–Crippen MR) is 90.0 cm³/mol. The molecule has 2 rings (SSSR count). The van der Waals surface area contributed by atoms with Crippen LogP contribution in [0.15, 0.2) is 24.3 Å². The molecule has 0 radical (unpaired) electrons. The zero-order valence-electron chi connectivity index (χ0n) is 14.3. The van der Waals surface area contributed by atoms with Gasteiger partial charge in [-0.2, -0.15) is 0 Å². The van der Waals surface area contributed by atoms with Gasteiger partial charge in [-0.05, 0) is 45.2 Å². The Bertz CT molecular complexity index is 522. The van der Waals surface area contributed by atoms with Crippen LogP contribution in [0.3, 0.4) is 0 Å². The summed E-state index contributed by atoms with van der Waals surface area (Å²) in [6, 6.07) is 8.55. The van der Waals surface area contributed by atoms with Crippen LogP contribution in [0.1, 0.15) is 59.1 Å². The third-order valence-electron chi connectivity index (χ3n) is 4.17. The van der Waals surface area contributed by atoms with Gasteiger partial charge in [0, 0.05) is 17.6 Å². The van der Waals surface area contributed by atoms with Crippen molar-refractivity contribution in [2.45, 2.75) is 65.1 Å². The lowest BCUT2D eigenvalue weighted by molar-refractivity contribution is 0.0477. The van der Waals surface area contributed by atoms with Gasteiger partial charge in [-0.1, -0.05) is 32.0 Å². The van der Waals surface area contributed by atoms with Crippen molar-refractivity contribution < 1.29 is 9.53 Å². The molecule has 0 bridgehead atoms. The Morgan fingerprint density at radius 1 is 1.23 bits per heavy atom. The highest BCUT2D eigenvalue weighted by molar-refractivity contribution is 5.70. The molecule has 122 valence electrons. The molecule has 0 aliphatic carbocycles. The van der Waals surface area contributed by atoms with E-state index in [1.807, 2.05) is 32.9 Å². The fraction of sp³-hybridized carbons (Fsp3) is 0.611. The maximum absolute atomic E-state index is 12.2. The van der Waals surface area contributed by atoms with Crippen LogP contribution in [0.5, 0.6) is 0 Å². The topological polar surface area (TPSA) is 50.4 Å². The summed E-state index contributed by atoms with van der Waals surface area (Å²) in [5, 5.41) is 6.70. The lowest BCUT2D eigenvalue weighted by Crippen LogP contribution is -2.45. The van der Waals surface area contributed by atoms with Crippen molar-refractivity contribution in [1.29, 1.82) is 0 Å². The summed E-state index contributed by atoms with van der Waals surface area (Å²) in [4.78, 5) is 12.2. The molecule has 1 aliphatic heterocycles. The van der Waals surface area contributed by atoms with Gasteiger partial charge < -0.3 is 15.4 Å². The number of rotatable bonds is 3. The molecule has 4 heteroatoms.